The van der Waals surface area contributed by atoms with Gasteiger partial charge in [-0.1, -0.05) is 45.0 Å². The van der Waals surface area contributed by atoms with E-state index < -0.39 is 0 Å². The van der Waals surface area contributed by atoms with Crippen molar-refractivity contribution in [2.24, 2.45) is 5.41 Å². The molecule has 104 valence electrons. The van der Waals surface area contributed by atoms with Gasteiger partial charge in [-0.25, -0.2) is 0 Å². The molecule has 1 rings (SSSR count). The van der Waals surface area contributed by atoms with E-state index in [1.807, 2.05) is 45.0 Å². The maximum Gasteiger partial charge on any atom is 0.225 e. The Morgan fingerprint density at radius 2 is 1.79 bits per heavy atom. The van der Waals surface area contributed by atoms with Gasteiger partial charge in [0.25, 0.3) is 0 Å². The third-order valence-electron chi connectivity index (χ3n) is 2.77. The highest BCUT2D eigenvalue weighted by Crippen LogP contribution is 2.13. The normalized spacial score (nSPS) is 10.9. The molecule has 2 amide bonds. The Morgan fingerprint density at radius 3 is 2.37 bits per heavy atom. The minimum Gasteiger partial charge on any atom is -0.359 e. The van der Waals surface area contributed by atoms with Crippen molar-refractivity contribution in [3.63, 3.8) is 0 Å². The second-order valence-electron chi connectivity index (χ2n) is 5.60. The second-order valence-corrected chi connectivity index (χ2v) is 5.60. The first-order valence-corrected chi connectivity index (χ1v) is 6.39. The predicted molar refractivity (Wildman–Crippen MR) is 75.5 cm³/mol. The fourth-order valence-electron chi connectivity index (χ4n) is 1.57. The van der Waals surface area contributed by atoms with Gasteiger partial charge in [0.2, 0.25) is 11.8 Å². The topological polar surface area (TPSA) is 58.2 Å². The molecular formula is C15H22N2O2. The summed E-state index contributed by atoms with van der Waals surface area (Å²) in [4.78, 5) is 23.1. The maximum absolute atomic E-state index is 11.8. The molecule has 0 atom stereocenters. The van der Waals surface area contributed by atoms with Gasteiger partial charge in [-0.3, -0.25) is 9.59 Å². The highest BCUT2D eigenvalue weighted by Gasteiger charge is 2.20. The summed E-state index contributed by atoms with van der Waals surface area (Å²) in [5.41, 5.74) is 1.56. The number of hydrogen-bond donors (Lipinski definition) is 2. The summed E-state index contributed by atoms with van der Waals surface area (Å²) in [6, 6.07) is 7.69. The molecule has 0 radical (unpaired) electrons. The van der Waals surface area contributed by atoms with Crippen LogP contribution in [0.4, 0.5) is 0 Å². The van der Waals surface area contributed by atoms with E-state index >= 15 is 0 Å². The van der Waals surface area contributed by atoms with Crippen LogP contribution >= 0.6 is 0 Å². The lowest BCUT2D eigenvalue weighted by atomic mass is 9.95. The van der Waals surface area contributed by atoms with Gasteiger partial charge in [0.1, 0.15) is 0 Å². The van der Waals surface area contributed by atoms with Crippen LogP contribution in [0.1, 0.15) is 31.9 Å². The molecule has 2 N–H and O–H groups in total. The standard InChI is InChI=1S/C15H22N2O2/c1-15(2,3)14(19)17-10-12-7-5-6-11(8-12)9-13(18)16-4/h5-8H,9-10H2,1-4H3,(H,16,18)(H,17,19). The molecule has 0 aromatic heterocycles. The van der Waals surface area contributed by atoms with E-state index in [2.05, 4.69) is 10.6 Å². The quantitative estimate of drug-likeness (QED) is 0.866. The lowest BCUT2D eigenvalue weighted by Gasteiger charge is -2.17. The third kappa shape index (κ3) is 5.12. The van der Waals surface area contributed by atoms with E-state index in [1.165, 1.54) is 0 Å². The molecule has 0 aliphatic heterocycles. The number of amides is 2. The zero-order valence-electron chi connectivity index (χ0n) is 12.0. The van der Waals surface area contributed by atoms with Crippen LogP contribution in [0.15, 0.2) is 24.3 Å². The predicted octanol–water partition coefficient (Wildman–Crippen LogP) is 1.64. The summed E-state index contributed by atoms with van der Waals surface area (Å²) in [7, 11) is 1.62. The van der Waals surface area contributed by atoms with E-state index in [0.29, 0.717) is 13.0 Å². The van der Waals surface area contributed by atoms with Crippen LogP contribution < -0.4 is 10.6 Å². The number of carbonyl (C=O) groups is 2. The molecule has 0 saturated heterocycles. The number of nitrogens with one attached hydrogen (secondary N) is 2. The van der Waals surface area contributed by atoms with Gasteiger partial charge in [0.15, 0.2) is 0 Å². The lowest BCUT2D eigenvalue weighted by Crippen LogP contribution is -2.34. The molecule has 0 aliphatic rings. The monoisotopic (exact) mass is 262 g/mol. The van der Waals surface area contributed by atoms with Gasteiger partial charge >= 0.3 is 0 Å². The summed E-state index contributed by atoms with van der Waals surface area (Å²) < 4.78 is 0. The van der Waals surface area contributed by atoms with Gasteiger partial charge in [0.05, 0.1) is 6.42 Å². The van der Waals surface area contributed by atoms with Crippen LogP contribution in [0.5, 0.6) is 0 Å². The van der Waals surface area contributed by atoms with Crippen molar-refractivity contribution in [2.45, 2.75) is 33.7 Å². The van der Waals surface area contributed by atoms with Crippen molar-refractivity contribution < 1.29 is 9.59 Å². The second kappa shape index (κ2) is 6.36. The van der Waals surface area contributed by atoms with Crippen molar-refractivity contribution in [1.29, 1.82) is 0 Å². The molecule has 0 heterocycles. The van der Waals surface area contributed by atoms with Crippen LogP contribution in [0.25, 0.3) is 0 Å². The molecule has 4 nitrogen and oxygen atoms in total. The Bertz CT molecular complexity index is 461. The average molecular weight is 262 g/mol. The first-order valence-electron chi connectivity index (χ1n) is 6.39. The van der Waals surface area contributed by atoms with Gasteiger partial charge in [-0.05, 0) is 11.1 Å². The minimum absolute atomic E-state index is 0.0177. The van der Waals surface area contributed by atoms with Crippen LogP contribution in [0, 0.1) is 5.41 Å². The number of benzene rings is 1. The highest BCUT2D eigenvalue weighted by molar-refractivity contribution is 5.81. The first kappa shape index (κ1) is 15.2. The molecule has 1 aromatic carbocycles. The smallest absolute Gasteiger partial charge is 0.225 e. The van der Waals surface area contributed by atoms with Gasteiger partial charge in [-0.15, -0.1) is 0 Å². The van der Waals surface area contributed by atoms with Crippen molar-refractivity contribution in [3.05, 3.63) is 35.4 Å². The molecule has 19 heavy (non-hydrogen) atoms. The number of hydrogen-bond acceptors (Lipinski definition) is 2. The first-order chi connectivity index (χ1) is 8.82. The third-order valence-corrected chi connectivity index (χ3v) is 2.77. The van der Waals surface area contributed by atoms with Crippen LogP contribution in [0.2, 0.25) is 0 Å². The molecule has 0 unspecified atom stereocenters. The Labute approximate surface area is 114 Å². The van der Waals surface area contributed by atoms with Crippen LogP contribution in [-0.2, 0) is 22.6 Å². The van der Waals surface area contributed by atoms with Crippen LogP contribution in [0.3, 0.4) is 0 Å². The maximum atomic E-state index is 11.8. The summed E-state index contributed by atoms with van der Waals surface area (Å²) >= 11 is 0. The fraction of sp³-hybridized carbons (Fsp3) is 0.467. The van der Waals surface area contributed by atoms with Gasteiger partial charge < -0.3 is 10.6 Å². The SMILES string of the molecule is CNC(=O)Cc1cccc(CNC(=O)C(C)(C)C)c1. The number of rotatable bonds is 4. The van der Waals surface area contributed by atoms with Crippen molar-refractivity contribution in [2.75, 3.05) is 7.05 Å². The largest absolute Gasteiger partial charge is 0.359 e. The molecule has 0 spiro atoms. The summed E-state index contributed by atoms with van der Waals surface area (Å²) in [5, 5.41) is 5.49. The Kier molecular flexibility index (Phi) is 5.10. The van der Waals surface area contributed by atoms with E-state index in [1.54, 1.807) is 7.05 Å². The average Bonchev–Trinajstić information content (AvgIpc) is 2.35. The summed E-state index contributed by atoms with van der Waals surface area (Å²) in [6.07, 6.45) is 0.359. The number of likely N-dealkylation sites (N-methyl/N-ethyl adjacent to an activating group) is 1. The molecule has 0 bridgehead atoms. The zero-order valence-corrected chi connectivity index (χ0v) is 12.0. The van der Waals surface area contributed by atoms with Gasteiger partial charge in [0, 0.05) is 19.0 Å². The molecule has 4 heteroatoms. The van der Waals surface area contributed by atoms with Crippen LogP contribution in [-0.4, -0.2) is 18.9 Å². The van der Waals surface area contributed by atoms with Crippen molar-refractivity contribution >= 4 is 11.8 Å². The van der Waals surface area contributed by atoms with E-state index in [4.69, 9.17) is 0 Å². The molecular weight excluding hydrogens is 240 g/mol. The fourth-order valence-corrected chi connectivity index (χ4v) is 1.57. The summed E-state index contributed by atoms with van der Waals surface area (Å²) in [5.74, 6) is 0.0000754. The van der Waals surface area contributed by atoms with Crippen molar-refractivity contribution in [1.82, 2.24) is 10.6 Å². The molecule has 0 aliphatic carbocycles. The molecule has 1 aromatic rings. The van der Waals surface area contributed by atoms with E-state index in [0.717, 1.165) is 11.1 Å². The zero-order chi connectivity index (χ0) is 14.5. The Balaban J connectivity index is 2.63. The number of carbonyl (C=O) groups excluding carboxylic acids is 2. The van der Waals surface area contributed by atoms with Crippen molar-refractivity contribution in [3.8, 4) is 0 Å². The van der Waals surface area contributed by atoms with Gasteiger partial charge in [-0.2, -0.15) is 0 Å². The minimum atomic E-state index is -0.389. The Morgan fingerprint density at radius 1 is 1.16 bits per heavy atom. The lowest BCUT2D eigenvalue weighted by molar-refractivity contribution is -0.128. The van der Waals surface area contributed by atoms with E-state index in [9.17, 15) is 9.59 Å². The Hall–Kier alpha value is -1.84. The highest BCUT2D eigenvalue weighted by atomic mass is 16.2. The molecule has 0 fully saturated rings. The molecule has 0 saturated carbocycles. The summed E-state index contributed by atoms with van der Waals surface area (Å²) in [6.45, 7) is 6.12. The van der Waals surface area contributed by atoms with E-state index in [-0.39, 0.29) is 17.2 Å².